The number of carboxylic acids is 1. The number of amides is 3. The first-order chi connectivity index (χ1) is 24.3. The number of rotatable bonds is 10. The number of likely N-dealkylation sites (tertiary alicyclic amines) is 1. The maximum absolute atomic E-state index is 14.7. The molecule has 3 aromatic rings. The number of alkyl carbamates (subject to hydrolysis) is 1. The Morgan fingerprint density at radius 2 is 1.80 bits per heavy atom. The zero-order valence-corrected chi connectivity index (χ0v) is 29.4. The molecule has 3 fully saturated rings. The molecule has 2 aromatic carbocycles. The van der Waals surface area contributed by atoms with Crippen LogP contribution >= 0.6 is 0 Å². The van der Waals surface area contributed by atoms with E-state index in [2.05, 4.69) is 17.2 Å². The van der Waals surface area contributed by atoms with Crippen molar-refractivity contribution in [3.8, 4) is 17.0 Å². The van der Waals surface area contributed by atoms with Gasteiger partial charge < -0.3 is 35.8 Å². The highest BCUT2D eigenvalue weighted by molar-refractivity contribution is 5.96. The Balaban J connectivity index is 1.34. The molecule has 3 amide bonds. The first-order valence-electron chi connectivity index (χ1n) is 17.7. The highest BCUT2D eigenvalue weighted by Crippen LogP contribution is 2.45. The van der Waals surface area contributed by atoms with Crippen LogP contribution in [0.25, 0.3) is 22.2 Å². The predicted octanol–water partition coefficient (Wildman–Crippen LogP) is 5.45. The highest BCUT2D eigenvalue weighted by Gasteiger charge is 2.61. The monoisotopic (exact) mass is 697 g/mol. The molecular weight excluding hydrogens is 650 g/mol. The van der Waals surface area contributed by atoms with E-state index in [1.165, 1.54) is 11.0 Å². The molecule has 12 heteroatoms. The van der Waals surface area contributed by atoms with Crippen molar-refractivity contribution in [3.63, 3.8) is 0 Å². The molecule has 1 aliphatic heterocycles. The number of nitrogens with zero attached hydrogens (tertiary/aromatic N) is 2. The van der Waals surface area contributed by atoms with Crippen molar-refractivity contribution in [2.45, 2.75) is 95.0 Å². The normalized spacial score (nSPS) is 24.0. The van der Waals surface area contributed by atoms with Crippen LogP contribution in [-0.2, 0) is 19.1 Å². The molecule has 1 saturated heterocycles. The molecule has 2 saturated carbocycles. The first kappa shape index (κ1) is 35.7. The Bertz CT molecular complexity index is 1820. The number of nitrogens with two attached hydrogens (primary N) is 1. The number of hydrogen-bond donors (Lipinski definition) is 4. The molecule has 3 unspecified atom stereocenters. The van der Waals surface area contributed by atoms with E-state index in [4.69, 9.17) is 20.2 Å². The van der Waals surface area contributed by atoms with Gasteiger partial charge in [-0.05, 0) is 64.2 Å². The van der Waals surface area contributed by atoms with E-state index >= 15 is 0 Å². The molecule has 5 atom stereocenters. The second-order valence-electron chi connectivity index (χ2n) is 15.0. The number of pyridine rings is 1. The maximum atomic E-state index is 14.7. The molecule has 270 valence electrons. The van der Waals surface area contributed by atoms with Crippen molar-refractivity contribution in [2.75, 3.05) is 12.3 Å². The lowest BCUT2D eigenvalue weighted by Gasteiger charge is -2.35. The van der Waals surface area contributed by atoms with E-state index in [0.29, 0.717) is 28.0 Å². The van der Waals surface area contributed by atoms with Gasteiger partial charge in [0.2, 0.25) is 11.8 Å². The van der Waals surface area contributed by atoms with Gasteiger partial charge >= 0.3 is 12.1 Å². The predicted molar refractivity (Wildman–Crippen MR) is 193 cm³/mol. The SMILES string of the molecule is C=CC1CC1(NC(=O)[C@@H]1CC(Oc2cc(-c3ccccc3)nc3ccc(N)cc23)CN1C(=O)[C@@H](NC(=O)OC(C)(C)C)C1CCCCC1)C(=O)O. The number of aliphatic carboxylic acids is 1. The first-order valence-corrected chi connectivity index (χ1v) is 17.7. The minimum atomic E-state index is -1.49. The highest BCUT2D eigenvalue weighted by atomic mass is 16.6. The fraction of sp³-hybridized carbons (Fsp3) is 0.462. The van der Waals surface area contributed by atoms with Crippen molar-refractivity contribution < 1.29 is 33.8 Å². The third kappa shape index (κ3) is 7.79. The Morgan fingerprint density at radius 3 is 2.45 bits per heavy atom. The second kappa shape index (κ2) is 14.2. The summed E-state index contributed by atoms with van der Waals surface area (Å²) in [6, 6.07) is 14.8. The van der Waals surface area contributed by atoms with Crippen molar-refractivity contribution in [2.24, 2.45) is 11.8 Å². The van der Waals surface area contributed by atoms with E-state index in [1.54, 1.807) is 32.9 Å². The van der Waals surface area contributed by atoms with Gasteiger partial charge in [0.15, 0.2) is 0 Å². The molecule has 3 aliphatic rings. The number of carbonyl (C=O) groups is 4. The average Bonchev–Trinajstić information content (AvgIpc) is 3.66. The van der Waals surface area contributed by atoms with Crippen molar-refractivity contribution >= 4 is 40.5 Å². The summed E-state index contributed by atoms with van der Waals surface area (Å²) in [5, 5.41) is 16.3. The summed E-state index contributed by atoms with van der Waals surface area (Å²) in [6.07, 6.45) is 4.74. The molecule has 2 aliphatic carbocycles. The molecule has 0 radical (unpaired) electrons. The van der Waals surface area contributed by atoms with E-state index in [1.807, 2.05) is 42.5 Å². The van der Waals surface area contributed by atoms with Crippen molar-refractivity contribution in [1.29, 1.82) is 0 Å². The zero-order valence-electron chi connectivity index (χ0n) is 29.4. The molecule has 12 nitrogen and oxygen atoms in total. The van der Waals surface area contributed by atoms with Gasteiger partial charge in [-0.15, -0.1) is 6.58 Å². The summed E-state index contributed by atoms with van der Waals surface area (Å²) in [6.45, 7) is 9.00. The fourth-order valence-electron chi connectivity index (χ4n) is 7.40. The number of nitrogen functional groups attached to an aromatic ring is 1. The Morgan fingerprint density at radius 1 is 1.08 bits per heavy atom. The lowest BCUT2D eigenvalue weighted by Crippen LogP contribution is -2.58. The minimum absolute atomic E-state index is 0.0217. The lowest BCUT2D eigenvalue weighted by atomic mass is 9.83. The van der Waals surface area contributed by atoms with Crippen molar-refractivity contribution in [3.05, 3.63) is 67.3 Å². The van der Waals surface area contributed by atoms with Crippen LogP contribution in [0.5, 0.6) is 5.75 Å². The molecule has 0 spiro atoms. The summed E-state index contributed by atoms with van der Waals surface area (Å²) in [5.41, 5.74) is 6.63. The van der Waals surface area contributed by atoms with Gasteiger partial charge in [0.1, 0.15) is 35.1 Å². The van der Waals surface area contributed by atoms with Gasteiger partial charge in [0, 0.05) is 35.0 Å². The summed E-state index contributed by atoms with van der Waals surface area (Å²) in [5.74, 6) is -2.32. The summed E-state index contributed by atoms with van der Waals surface area (Å²) >= 11 is 0. The maximum Gasteiger partial charge on any atom is 0.408 e. The van der Waals surface area contributed by atoms with Crippen LogP contribution in [0.3, 0.4) is 0 Å². The standard InChI is InChI=1S/C39H47N5O7/c1-5-25-21-39(25,36(47)48)43-34(45)31-19-27(22-44(31)35(46)33(24-14-10-7-11-15-24)42-37(49)51-38(2,3)4)50-32-20-30(23-12-8-6-9-13-23)41-29-17-16-26(40)18-28(29)32/h5-6,8-9,12-13,16-18,20,24-25,27,31,33H,1,7,10-11,14-15,19,21-22,40H2,2-4H3,(H,42,49)(H,43,45)(H,47,48)/t25?,27?,31-,33-,39?/m0/s1. The number of fused-ring (bicyclic) bond motifs is 1. The molecule has 5 N–H and O–H groups in total. The molecule has 1 aromatic heterocycles. The zero-order chi connectivity index (χ0) is 36.5. The number of nitrogens with one attached hydrogen (secondary N) is 2. The Hall–Kier alpha value is -5.13. The molecular formula is C39H47N5O7. The van der Waals surface area contributed by atoms with Crippen LogP contribution in [0.2, 0.25) is 0 Å². The van der Waals surface area contributed by atoms with Gasteiger partial charge in [-0.25, -0.2) is 14.6 Å². The number of anilines is 1. The summed E-state index contributed by atoms with van der Waals surface area (Å²) in [4.78, 5) is 60.4. The van der Waals surface area contributed by atoms with E-state index in [-0.39, 0.29) is 25.3 Å². The topological polar surface area (TPSA) is 173 Å². The second-order valence-corrected chi connectivity index (χ2v) is 15.0. The lowest BCUT2D eigenvalue weighted by molar-refractivity contribution is -0.146. The molecule has 51 heavy (non-hydrogen) atoms. The van der Waals surface area contributed by atoms with Gasteiger partial charge in [-0.1, -0.05) is 55.7 Å². The summed E-state index contributed by atoms with van der Waals surface area (Å²) in [7, 11) is 0. The van der Waals surface area contributed by atoms with Crippen LogP contribution in [0.1, 0.15) is 65.7 Å². The average molecular weight is 698 g/mol. The number of hydrogen-bond acceptors (Lipinski definition) is 8. The van der Waals surface area contributed by atoms with E-state index < -0.39 is 59.1 Å². The van der Waals surface area contributed by atoms with Gasteiger partial charge in [0.05, 0.1) is 17.8 Å². The third-order valence-corrected chi connectivity index (χ3v) is 10.1. The number of carbonyl (C=O) groups excluding carboxylic acids is 3. The van der Waals surface area contributed by atoms with Crippen LogP contribution < -0.4 is 21.1 Å². The van der Waals surface area contributed by atoms with Crippen molar-refractivity contribution in [1.82, 2.24) is 20.5 Å². The molecule has 2 heterocycles. The van der Waals surface area contributed by atoms with Crippen LogP contribution in [0, 0.1) is 11.8 Å². The Labute approximate surface area is 297 Å². The third-order valence-electron chi connectivity index (χ3n) is 10.1. The van der Waals surface area contributed by atoms with Gasteiger partial charge in [0.25, 0.3) is 0 Å². The number of aromatic nitrogens is 1. The smallest absolute Gasteiger partial charge is 0.408 e. The largest absolute Gasteiger partial charge is 0.488 e. The summed E-state index contributed by atoms with van der Waals surface area (Å²) < 4.78 is 12.2. The fourth-order valence-corrected chi connectivity index (χ4v) is 7.40. The Kier molecular flexibility index (Phi) is 9.97. The molecule has 0 bridgehead atoms. The van der Waals surface area contributed by atoms with Crippen LogP contribution in [0.15, 0.2) is 67.3 Å². The van der Waals surface area contributed by atoms with E-state index in [0.717, 1.165) is 37.7 Å². The van der Waals surface area contributed by atoms with E-state index in [9.17, 15) is 24.3 Å². The number of carboxylic acid groups (broad SMARTS) is 1. The quantitative estimate of drug-likeness (QED) is 0.159. The molecule has 6 rings (SSSR count). The number of benzene rings is 2. The van der Waals surface area contributed by atoms with Gasteiger partial charge in [-0.2, -0.15) is 0 Å². The number of ether oxygens (including phenoxy) is 2. The van der Waals surface area contributed by atoms with Crippen LogP contribution in [-0.4, -0.2) is 74.7 Å². The van der Waals surface area contributed by atoms with Crippen LogP contribution in [0.4, 0.5) is 10.5 Å². The van der Waals surface area contributed by atoms with Gasteiger partial charge in [-0.3, -0.25) is 9.59 Å². The minimum Gasteiger partial charge on any atom is -0.488 e.